The second kappa shape index (κ2) is 11.4. The van der Waals surface area contributed by atoms with Crippen molar-refractivity contribution in [2.24, 2.45) is 11.8 Å². The predicted molar refractivity (Wildman–Crippen MR) is 137 cm³/mol. The van der Waals surface area contributed by atoms with E-state index in [-0.39, 0.29) is 35.8 Å². The summed E-state index contributed by atoms with van der Waals surface area (Å²) in [6.45, 7) is 14.8. The van der Waals surface area contributed by atoms with Gasteiger partial charge in [-0.3, -0.25) is 9.59 Å². The average Bonchev–Trinajstić information content (AvgIpc) is 2.81. The topological polar surface area (TPSA) is 70.2 Å². The van der Waals surface area contributed by atoms with Gasteiger partial charge in [0.2, 0.25) is 5.91 Å². The number of hydrogen-bond acceptors (Lipinski definition) is 4. The molecule has 0 N–H and O–H groups in total. The highest BCUT2D eigenvalue weighted by molar-refractivity contribution is 5.94. The second-order valence-corrected chi connectivity index (χ2v) is 11.5. The monoisotopic (exact) mass is 485 g/mol. The molecular formula is C28H43N3O4. The van der Waals surface area contributed by atoms with Crippen LogP contribution in [0.25, 0.3) is 0 Å². The highest BCUT2D eigenvalue weighted by atomic mass is 16.6. The molecule has 7 heteroatoms. The van der Waals surface area contributed by atoms with Crippen LogP contribution in [0.5, 0.6) is 0 Å². The molecule has 2 heterocycles. The number of ether oxygens (including phenoxy) is 1. The Bertz CT molecular complexity index is 890. The van der Waals surface area contributed by atoms with Gasteiger partial charge in [-0.15, -0.1) is 0 Å². The van der Waals surface area contributed by atoms with E-state index in [1.54, 1.807) is 4.90 Å². The van der Waals surface area contributed by atoms with Gasteiger partial charge >= 0.3 is 6.09 Å². The molecule has 0 saturated carbocycles. The van der Waals surface area contributed by atoms with Crippen molar-refractivity contribution in [3.63, 3.8) is 0 Å². The molecule has 194 valence electrons. The lowest BCUT2D eigenvalue weighted by Crippen LogP contribution is -2.51. The molecule has 0 bridgehead atoms. The summed E-state index contributed by atoms with van der Waals surface area (Å²) in [6, 6.07) is 7.65. The van der Waals surface area contributed by atoms with Gasteiger partial charge in [0.25, 0.3) is 5.91 Å². The smallest absolute Gasteiger partial charge is 0.410 e. The summed E-state index contributed by atoms with van der Waals surface area (Å²) in [5, 5.41) is 0. The van der Waals surface area contributed by atoms with Crippen LogP contribution in [0.1, 0.15) is 76.2 Å². The number of amides is 3. The normalized spacial score (nSPS) is 21.1. The third kappa shape index (κ3) is 7.45. The Morgan fingerprint density at radius 2 is 1.63 bits per heavy atom. The zero-order valence-electron chi connectivity index (χ0n) is 22.4. The fourth-order valence-electron chi connectivity index (χ4n) is 5.01. The molecule has 2 unspecified atom stereocenters. The molecule has 0 aliphatic carbocycles. The van der Waals surface area contributed by atoms with E-state index in [1.165, 1.54) is 0 Å². The maximum Gasteiger partial charge on any atom is 0.410 e. The van der Waals surface area contributed by atoms with Crippen LogP contribution in [0.2, 0.25) is 0 Å². The van der Waals surface area contributed by atoms with Crippen LogP contribution in [0.3, 0.4) is 0 Å². The molecule has 2 atom stereocenters. The first-order chi connectivity index (χ1) is 16.4. The maximum atomic E-state index is 13.5. The van der Waals surface area contributed by atoms with Crippen LogP contribution in [0.4, 0.5) is 4.79 Å². The minimum absolute atomic E-state index is 0.00366. The number of piperidine rings is 2. The first kappa shape index (κ1) is 27.0. The predicted octanol–water partition coefficient (Wildman–Crippen LogP) is 4.73. The van der Waals surface area contributed by atoms with Crippen molar-refractivity contribution in [2.45, 2.75) is 78.9 Å². The summed E-state index contributed by atoms with van der Waals surface area (Å²) in [6.07, 6.45) is 3.26. The van der Waals surface area contributed by atoms with E-state index in [0.717, 1.165) is 37.8 Å². The Morgan fingerprint density at radius 1 is 1.00 bits per heavy atom. The molecular weight excluding hydrogens is 442 g/mol. The minimum atomic E-state index is -0.540. The largest absolute Gasteiger partial charge is 0.444 e. The zero-order valence-corrected chi connectivity index (χ0v) is 22.4. The molecule has 35 heavy (non-hydrogen) atoms. The molecule has 0 aromatic heterocycles. The van der Waals surface area contributed by atoms with Gasteiger partial charge in [-0.25, -0.2) is 4.79 Å². The van der Waals surface area contributed by atoms with Crippen molar-refractivity contribution in [3.05, 3.63) is 35.4 Å². The summed E-state index contributed by atoms with van der Waals surface area (Å²) in [5.74, 6) is 0.203. The molecule has 7 nitrogen and oxygen atoms in total. The van der Waals surface area contributed by atoms with Crippen LogP contribution >= 0.6 is 0 Å². The molecule has 1 aromatic rings. The summed E-state index contributed by atoms with van der Waals surface area (Å²) in [7, 11) is 0. The van der Waals surface area contributed by atoms with Gasteiger partial charge < -0.3 is 19.4 Å². The minimum Gasteiger partial charge on any atom is -0.444 e. The zero-order chi connectivity index (χ0) is 25.8. The lowest BCUT2D eigenvalue weighted by atomic mass is 9.92. The molecule has 0 spiro atoms. The number of carbonyl (C=O) groups is 3. The van der Waals surface area contributed by atoms with Crippen molar-refractivity contribution in [1.82, 2.24) is 14.7 Å². The van der Waals surface area contributed by atoms with Gasteiger partial charge in [-0.2, -0.15) is 0 Å². The van der Waals surface area contributed by atoms with Crippen molar-refractivity contribution < 1.29 is 19.1 Å². The lowest BCUT2D eigenvalue weighted by Gasteiger charge is -2.40. The van der Waals surface area contributed by atoms with Crippen molar-refractivity contribution in [1.29, 1.82) is 0 Å². The van der Waals surface area contributed by atoms with Gasteiger partial charge in [0, 0.05) is 44.3 Å². The Kier molecular flexibility index (Phi) is 8.84. The molecule has 2 fully saturated rings. The molecule has 1 aromatic carbocycles. The van der Waals surface area contributed by atoms with Gasteiger partial charge in [0.1, 0.15) is 5.60 Å². The summed E-state index contributed by atoms with van der Waals surface area (Å²) < 4.78 is 5.62. The van der Waals surface area contributed by atoms with Crippen LogP contribution in [-0.2, 0) is 9.53 Å². The van der Waals surface area contributed by atoms with Crippen LogP contribution in [-0.4, -0.2) is 77.0 Å². The molecule has 0 radical (unpaired) electrons. The van der Waals surface area contributed by atoms with Crippen molar-refractivity contribution in [3.8, 4) is 0 Å². The number of hydrogen-bond donors (Lipinski definition) is 0. The Labute approximate surface area is 210 Å². The average molecular weight is 486 g/mol. The third-order valence-electron chi connectivity index (χ3n) is 6.89. The SMILES string of the molecule is Cc1ccc(C(=O)N2CCCC(C(=O)N3CCCC(CN(C(=O)OC(C)(C)C)C(C)C)C3)C2)cc1. The number of nitrogens with zero attached hydrogens (tertiary/aromatic N) is 3. The van der Waals surface area contributed by atoms with E-state index in [2.05, 4.69) is 0 Å². The quantitative estimate of drug-likeness (QED) is 0.605. The molecule has 2 aliphatic heterocycles. The van der Waals surface area contributed by atoms with E-state index in [9.17, 15) is 14.4 Å². The number of benzene rings is 1. The van der Waals surface area contributed by atoms with Crippen LogP contribution in [0, 0.1) is 18.8 Å². The molecule has 3 rings (SSSR count). The standard InChI is InChI=1S/C28H43N3O4/c1-20(2)31(27(34)35-28(4,5)6)18-22-9-7-15-29(17-22)26(33)24-10-8-16-30(19-24)25(32)23-13-11-21(3)12-14-23/h11-14,20,22,24H,7-10,15-19H2,1-6H3. The first-order valence-corrected chi connectivity index (χ1v) is 13.1. The highest BCUT2D eigenvalue weighted by Gasteiger charge is 2.35. The van der Waals surface area contributed by atoms with Gasteiger partial charge in [0.15, 0.2) is 0 Å². The van der Waals surface area contributed by atoms with E-state index in [0.29, 0.717) is 31.7 Å². The van der Waals surface area contributed by atoms with Crippen molar-refractivity contribution >= 4 is 17.9 Å². The first-order valence-electron chi connectivity index (χ1n) is 13.1. The van der Waals surface area contributed by atoms with Gasteiger partial charge in [0.05, 0.1) is 5.92 Å². The van der Waals surface area contributed by atoms with Crippen LogP contribution < -0.4 is 0 Å². The Hall–Kier alpha value is -2.57. The summed E-state index contributed by atoms with van der Waals surface area (Å²) in [5.41, 5.74) is 1.26. The van der Waals surface area contributed by atoms with Gasteiger partial charge in [-0.05, 0) is 85.3 Å². The molecule has 2 aliphatic rings. The van der Waals surface area contributed by atoms with E-state index in [4.69, 9.17) is 4.74 Å². The van der Waals surface area contributed by atoms with E-state index in [1.807, 2.05) is 75.6 Å². The molecule has 2 saturated heterocycles. The lowest BCUT2D eigenvalue weighted by molar-refractivity contribution is -0.139. The fraction of sp³-hybridized carbons (Fsp3) is 0.679. The number of aryl methyl sites for hydroxylation is 1. The van der Waals surface area contributed by atoms with Crippen molar-refractivity contribution in [2.75, 3.05) is 32.7 Å². The summed E-state index contributed by atoms with van der Waals surface area (Å²) in [4.78, 5) is 44.8. The number of likely N-dealkylation sites (tertiary alicyclic amines) is 2. The van der Waals surface area contributed by atoms with Gasteiger partial charge in [-0.1, -0.05) is 17.7 Å². The number of rotatable bonds is 5. The van der Waals surface area contributed by atoms with E-state index >= 15 is 0 Å². The summed E-state index contributed by atoms with van der Waals surface area (Å²) >= 11 is 0. The van der Waals surface area contributed by atoms with E-state index < -0.39 is 5.60 Å². The highest BCUT2D eigenvalue weighted by Crippen LogP contribution is 2.25. The number of carbonyl (C=O) groups excluding carboxylic acids is 3. The third-order valence-corrected chi connectivity index (χ3v) is 6.89. The van der Waals surface area contributed by atoms with Crippen LogP contribution in [0.15, 0.2) is 24.3 Å². The second-order valence-electron chi connectivity index (χ2n) is 11.5. The fourth-order valence-corrected chi connectivity index (χ4v) is 5.01. The Balaban J connectivity index is 1.60. The maximum absolute atomic E-state index is 13.5. The Morgan fingerprint density at radius 3 is 2.26 bits per heavy atom. The molecule has 3 amide bonds.